The molecule has 0 saturated carbocycles. The van der Waals surface area contributed by atoms with Crippen LogP contribution in [-0.2, 0) is 4.79 Å². The van der Waals surface area contributed by atoms with Crippen LogP contribution in [0, 0.1) is 0 Å². The fourth-order valence-corrected chi connectivity index (χ4v) is 2.94. The zero-order valence-corrected chi connectivity index (χ0v) is 15.9. The zero-order valence-electron chi connectivity index (χ0n) is 13.5. The van der Waals surface area contributed by atoms with Crippen molar-refractivity contribution >= 4 is 44.2 Å². The number of carbonyl (C=O) groups excluding carboxylic acids is 2. The number of nitrogens with one attached hydrogen (secondary N) is 1. The molecule has 2 aromatic rings. The van der Waals surface area contributed by atoms with Gasteiger partial charge in [0.25, 0.3) is 5.91 Å². The molecule has 0 fully saturated rings. The first-order valence-electron chi connectivity index (χ1n) is 7.34. The van der Waals surface area contributed by atoms with E-state index in [-0.39, 0.29) is 18.4 Å². The Bertz CT molecular complexity index is 691. The smallest absolute Gasteiger partial charge is 0.254 e. The summed E-state index contributed by atoms with van der Waals surface area (Å²) in [6.07, 6.45) is 1.62. The van der Waals surface area contributed by atoms with Crippen LogP contribution in [0.1, 0.15) is 10.4 Å². The van der Waals surface area contributed by atoms with Gasteiger partial charge in [-0.3, -0.25) is 9.59 Å². The van der Waals surface area contributed by atoms with Crippen LogP contribution in [0.5, 0.6) is 0 Å². The molecular weight excluding hydrogens is 392 g/mol. The minimum Gasteiger partial charge on any atom is -0.328 e. The van der Waals surface area contributed by atoms with Gasteiger partial charge in [0.2, 0.25) is 5.91 Å². The van der Waals surface area contributed by atoms with E-state index in [4.69, 9.17) is 0 Å². The fourth-order valence-electron chi connectivity index (χ4n) is 1.99. The van der Waals surface area contributed by atoms with Crippen molar-refractivity contribution in [2.75, 3.05) is 39.0 Å². The highest BCUT2D eigenvalue weighted by molar-refractivity contribution is 9.10. The van der Waals surface area contributed by atoms with Crippen LogP contribution in [0.25, 0.3) is 0 Å². The standard InChI is InChI=1S/C16H19BrN4O2S/c1-20(2)7-8-21(11-14(22)19-16-18-6-9-24-16)15(23)12-4-3-5-13(17)10-12/h3-6,9-10H,7-8,11H2,1-2H3,(H,18,19,22). The van der Waals surface area contributed by atoms with Gasteiger partial charge in [-0.2, -0.15) is 0 Å². The first-order chi connectivity index (χ1) is 11.5. The normalized spacial score (nSPS) is 10.7. The summed E-state index contributed by atoms with van der Waals surface area (Å²) in [6.45, 7) is 1.12. The van der Waals surface area contributed by atoms with Gasteiger partial charge in [0.15, 0.2) is 5.13 Å². The molecule has 0 aliphatic rings. The number of amides is 2. The number of benzene rings is 1. The second kappa shape index (κ2) is 8.91. The molecule has 0 aliphatic heterocycles. The molecule has 24 heavy (non-hydrogen) atoms. The Labute approximate surface area is 153 Å². The van der Waals surface area contributed by atoms with Gasteiger partial charge in [-0.25, -0.2) is 4.98 Å². The van der Waals surface area contributed by atoms with Crippen LogP contribution >= 0.6 is 27.3 Å². The highest BCUT2D eigenvalue weighted by Gasteiger charge is 2.19. The summed E-state index contributed by atoms with van der Waals surface area (Å²) in [5, 5.41) is 5.02. The molecule has 8 heteroatoms. The lowest BCUT2D eigenvalue weighted by Crippen LogP contribution is -2.41. The number of rotatable bonds is 7. The number of aromatic nitrogens is 1. The molecule has 0 spiro atoms. The van der Waals surface area contributed by atoms with E-state index >= 15 is 0 Å². The Morgan fingerprint density at radius 3 is 2.71 bits per heavy atom. The number of thiazole rings is 1. The summed E-state index contributed by atoms with van der Waals surface area (Å²) in [5.74, 6) is -0.431. The molecule has 2 rings (SSSR count). The monoisotopic (exact) mass is 410 g/mol. The topological polar surface area (TPSA) is 65.5 Å². The average Bonchev–Trinajstić information content (AvgIpc) is 3.03. The Morgan fingerprint density at radius 2 is 2.08 bits per heavy atom. The predicted octanol–water partition coefficient (Wildman–Crippen LogP) is 2.55. The predicted molar refractivity (Wildman–Crippen MR) is 99.3 cm³/mol. The summed E-state index contributed by atoms with van der Waals surface area (Å²) in [6, 6.07) is 7.16. The third kappa shape index (κ3) is 5.70. The van der Waals surface area contributed by atoms with Crippen molar-refractivity contribution in [1.29, 1.82) is 0 Å². The maximum atomic E-state index is 12.7. The minimum atomic E-state index is -0.257. The van der Waals surface area contributed by atoms with Crippen LogP contribution < -0.4 is 5.32 Å². The number of anilines is 1. The number of nitrogens with zero attached hydrogens (tertiary/aromatic N) is 3. The van der Waals surface area contributed by atoms with Gasteiger partial charge < -0.3 is 15.1 Å². The third-order valence-corrected chi connectivity index (χ3v) is 4.37. The molecule has 1 heterocycles. The summed E-state index contributed by atoms with van der Waals surface area (Å²) in [4.78, 5) is 32.5. The van der Waals surface area contributed by atoms with E-state index in [0.29, 0.717) is 23.8 Å². The van der Waals surface area contributed by atoms with Crippen molar-refractivity contribution in [2.45, 2.75) is 0 Å². The molecule has 0 aliphatic carbocycles. The third-order valence-electron chi connectivity index (χ3n) is 3.19. The lowest BCUT2D eigenvalue weighted by atomic mass is 10.2. The highest BCUT2D eigenvalue weighted by atomic mass is 79.9. The Hall–Kier alpha value is -1.77. The summed E-state index contributed by atoms with van der Waals surface area (Å²) < 4.78 is 0.827. The van der Waals surface area contributed by atoms with E-state index < -0.39 is 0 Å². The molecule has 0 unspecified atom stereocenters. The maximum absolute atomic E-state index is 12.7. The molecule has 0 radical (unpaired) electrons. The average molecular weight is 411 g/mol. The molecule has 1 N–H and O–H groups in total. The molecule has 128 valence electrons. The SMILES string of the molecule is CN(C)CCN(CC(=O)Nc1nccs1)C(=O)c1cccc(Br)c1. The van der Waals surface area contributed by atoms with Crippen LogP contribution in [0.3, 0.4) is 0 Å². The van der Waals surface area contributed by atoms with Gasteiger partial charge in [-0.1, -0.05) is 22.0 Å². The van der Waals surface area contributed by atoms with E-state index in [9.17, 15) is 9.59 Å². The Kier molecular flexibility index (Phi) is 6.89. The first-order valence-corrected chi connectivity index (χ1v) is 9.02. The van der Waals surface area contributed by atoms with E-state index in [2.05, 4.69) is 26.2 Å². The number of likely N-dealkylation sites (N-methyl/N-ethyl adjacent to an activating group) is 1. The Morgan fingerprint density at radius 1 is 1.29 bits per heavy atom. The molecule has 0 bridgehead atoms. The fraction of sp³-hybridized carbons (Fsp3) is 0.312. The molecule has 1 aromatic heterocycles. The van der Waals surface area contributed by atoms with Crippen molar-refractivity contribution in [3.05, 3.63) is 45.9 Å². The largest absolute Gasteiger partial charge is 0.328 e. The highest BCUT2D eigenvalue weighted by Crippen LogP contribution is 2.14. The van der Waals surface area contributed by atoms with Crippen molar-refractivity contribution in [3.8, 4) is 0 Å². The van der Waals surface area contributed by atoms with Crippen molar-refractivity contribution in [1.82, 2.24) is 14.8 Å². The molecule has 2 amide bonds. The summed E-state index contributed by atoms with van der Waals surface area (Å²) in [5.41, 5.74) is 0.546. The molecule has 0 atom stereocenters. The quantitative estimate of drug-likeness (QED) is 0.761. The van der Waals surface area contributed by atoms with Gasteiger partial charge in [0.1, 0.15) is 6.54 Å². The van der Waals surface area contributed by atoms with Gasteiger partial charge >= 0.3 is 0 Å². The molecular formula is C16H19BrN4O2S. The number of hydrogen-bond donors (Lipinski definition) is 1. The number of carbonyl (C=O) groups is 2. The van der Waals surface area contributed by atoms with Crippen LogP contribution in [-0.4, -0.2) is 60.3 Å². The van der Waals surface area contributed by atoms with Crippen molar-refractivity contribution < 1.29 is 9.59 Å². The van der Waals surface area contributed by atoms with E-state index in [1.54, 1.807) is 34.7 Å². The van der Waals surface area contributed by atoms with E-state index in [0.717, 1.165) is 4.47 Å². The number of halogens is 1. The molecule has 6 nitrogen and oxygen atoms in total. The summed E-state index contributed by atoms with van der Waals surface area (Å²) in [7, 11) is 3.86. The second-order valence-electron chi connectivity index (χ2n) is 5.43. The van der Waals surface area contributed by atoms with Crippen molar-refractivity contribution in [2.24, 2.45) is 0 Å². The first kappa shape index (κ1) is 18.6. The van der Waals surface area contributed by atoms with Crippen LogP contribution in [0.15, 0.2) is 40.3 Å². The summed E-state index contributed by atoms with van der Waals surface area (Å²) >= 11 is 4.71. The minimum absolute atomic E-state index is 0.0151. The van der Waals surface area contributed by atoms with Gasteiger partial charge in [0, 0.05) is 34.7 Å². The van der Waals surface area contributed by atoms with Gasteiger partial charge in [-0.15, -0.1) is 11.3 Å². The van der Waals surface area contributed by atoms with Crippen molar-refractivity contribution in [3.63, 3.8) is 0 Å². The molecule has 0 saturated heterocycles. The second-order valence-corrected chi connectivity index (χ2v) is 7.24. The van der Waals surface area contributed by atoms with Crippen LogP contribution in [0.4, 0.5) is 5.13 Å². The van der Waals surface area contributed by atoms with Crippen LogP contribution in [0.2, 0.25) is 0 Å². The lowest BCUT2D eigenvalue weighted by molar-refractivity contribution is -0.116. The van der Waals surface area contributed by atoms with Gasteiger partial charge in [0.05, 0.1) is 0 Å². The number of hydrogen-bond acceptors (Lipinski definition) is 5. The van der Waals surface area contributed by atoms with E-state index in [1.807, 2.05) is 25.1 Å². The zero-order chi connectivity index (χ0) is 17.5. The van der Waals surface area contributed by atoms with Gasteiger partial charge in [-0.05, 0) is 32.3 Å². The molecule has 1 aromatic carbocycles. The lowest BCUT2D eigenvalue weighted by Gasteiger charge is -2.24. The van der Waals surface area contributed by atoms with E-state index in [1.165, 1.54) is 11.3 Å². The maximum Gasteiger partial charge on any atom is 0.254 e. The Balaban J connectivity index is 2.08.